The van der Waals surface area contributed by atoms with Gasteiger partial charge in [0.2, 0.25) is 5.91 Å². The fourth-order valence-corrected chi connectivity index (χ4v) is 1.98. The highest BCUT2D eigenvalue weighted by Gasteiger charge is 2.29. The van der Waals surface area contributed by atoms with Crippen molar-refractivity contribution in [3.63, 3.8) is 0 Å². The third-order valence-electron chi connectivity index (χ3n) is 2.75. The first-order chi connectivity index (χ1) is 6.72. The van der Waals surface area contributed by atoms with Crippen LogP contribution in [-0.2, 0) is 11.2 Å². The molecule has 1 N–H and O–H groups in total. The van der Waals surface area contributed by atoms with Crippen LogP contribution < -0.4 is 5.32 Å². The maximum Gasteiger partial charge on any atom is 0.228 e. The molecule has 1 heterocycles. The van der Waals surface area contributed by atoms with E-state index in [0.717, 1.165) is 24.2 Å². The van der Waals surface area contributed by atoms with Crippen molar-refractivity contribution in [2.24, 2.45) is 0 Å². The highest BCUT2D eigenvalue weighted by molar-refractivity contribution is 5.84. The van der Waals surface area contributed by atoms with Crippen LogP contribution in [0.3, 0.4) is 0 Å². The molecular formula is C11H14N2O. The summed E-state index contributed by atoms with van der Waals surface area (Å²) >= 11 is 0. The Balaban J connectivity index is 2.38. The van der Waals surface area contributed by atoms with Gasteiger partial charge in [-0.05, 0) is 31.4 Å². The third-order valence-corrected chi connectivity index (χ3v) is 2.75. The van der Waals surface area contributed by atoms with E-state index in [-0.39, 0.29) is 11.8 Å². The molecule has 0 aromatic carbocycles. The van der Waals surface area contributed by atoms with Gasteiger partial charge in [-0.15, -0.1) is 0 Å². The molecule has 0 radical (unpaired) electrons. The second-order valence-electron chi connectivity index (χ2n) is 3.70. The molecular weight excluding hydrogens is 176 g/mol. The van der Waals surface area contributed by atoms with Gasteiger partial charge in [-0.1, -0.05) is 6.07 Å². The molecule has 0 fully saturated rings. The van der Waals surface area contributed by atoms with E-state index in [0.29, 0.717) is 0 Å². The van der Waals surface area contributed by atoms with Crippen LogP contribution in [-0.4, -0.2) is 17.9 Å². The number of carbonyl (C=O) groups is 1. The molecule has 0 saturated carbocycles. The minimum Gasteiger partial charge on any atom is -0.359 e. The summed E-state index contributed by atoms with van der Waals surface area (Å²) in [5.74, 6) is 0.0525. The van der Waals surface area contributed by atoms with Gasteiger partial charge in [-0.2, -0.15) is 0 Å². The van der Waals surface area contributed by atoms with Gasteiger partial charge >= 0.3 is 0 Å². The van der Waals surface area contributed by atoms with Gasteiger partial charge in [0.1, 0.15) is 0 Å². The molecule has 1 aromatic rings. The molecule has 14 heavy (non-hydrogen) atoms. The molecule has 1 aliphatic carbocycles. The van der Waals surface area contributed by atoms with Crippen molar-refractivity contribution in [3.05, 3.63) is 29.1 Å². The van der Waals surface area contributed by atoms with Crippen LogP contribution in [0.2, 0.25) is 0 Å². The van der Waals surface area contributed by atoms with Gasteiger partial charge in [-0.3, -0.25) is 9.78 Å². The topological polar surface area (TPSA) is 42.0 Å². The predicted molar refractivity (Wildman–Crippen MR) is 54.1 cm³/mol. The molecule has 2 rings (SSSR count). The summed E-state index contributed by atoms with van der Waals surface area (Å²) in [5.41, 5.74) is 3.19. The lowest BCUT2D eigenvalue weighted by Crippen LogP contribution is -2.24. The fraction of sp³-hybridized carbons (Fsp3) is 0.455. The molecule has 3 heteroatoms. The molecule has 0 unspecified atom stereocenters. The van der Waals surface area contributed by atoms with E-state index in [4.69, 9.17) is 0 Å². The van der Waals surface area contributed by atoms with Crippen molar-refractivity contribution in [1.29, 1.82) is 0 Å². The predicted octanol–water partition coefficient (Wildman–Crippen LogP) is 1.17. The van der Waals surface area contributed by atoms with Crippen LogP contribution in [0.5, 0.6) is 0 Å². The number of nitrogens with one attached hydrogen (secondary N) is 1. The second kappa shape index (κ2) is 3.40. The smallest absolute Gasteiger partial charge is 0.228 e. The van der Waals surface area contributed by atoms with E-state index in [1.54, 1.807) is 7.05 Å². The Morgan fingerprint density at radius 3 is 3.07 bits per heavy atom. The summed E-state index contributed by atoms with van der Waals surface area (Å²) in [6.45, 7) is 1.96. The maximum atomic E-state index is 11.5. The minimum atomic E-state index is -0.0325. The fourth-order valence-electron chi connectivity index (χ4n) is 1.98. The van der Waals surface area contributed by atoms with Gasteiger partial charge < -0.3 is 5.32 Å². The summed E-state index contributed by atoms with van der Waals surface area (Å²) in [7, 11) is 1.68. The van der Waals surface area contributed by atoms with Gasteiger partial charge in [0.15, 0.2) is 0 Å². The number of hydrogen-bond donors (Lipinski definition) is 1. The van der Waals surface area contributed by atoms with Crippen LogP contribution in [0.15, 0.2) is 12.1 Å². The zero-order chi connectivity index (χ0) is 10.1. The summed E-state index contributed by atoms with van der Waals surface area (Å²) in [6.07, 6.45) is 1.87. The number of pyridine rings is 1. The van der Waals surface area contributed by atoms with Crippen LogP contribution in [0, 0.1) is 6.92 Å². The first-order valence-corrected chi connectivity index (χ1v) is 4.90. The van der Waals surface area contributed by atoms with Crippen molar-refractivity contribution >= 4 is 5.91 Å². The first-order valence-electron chi connectivity index (χ1n) is 4.90. The lowest BCUT2D eigenvalue weighted by Gasteiger charge is -2.08. The van der Waals surface area contributed by atoms with Crippen molar-refractivity contribution in [2.45, 2.75) is 25.7 Å². The Morgan fingerprint density at radius 1 is 1.57 bits per heavy atom. The molecule has 1 aromatic heterocycles. The zero-order valence-corrected chi connectivity index (χ0v) is 8.50. The van der Waals surface area contributed by atoms with E-state index in [1.807, 2.05) is 13.0 Å². The number of likely N-dealkylation sites (N-methyl/N-ethyl adjacent to an activating group) is 1. The third kappa shape index (κ3) is 1.39. The van der Waals surface area contributed by atoms with Crippen molar-refractivity contribution in [1.82, 2.24) is 10.3 Å². The van der Waals surface area contributed by atoms with E-state index in [9.17, 15) is 4.79 Å². The highest BCUT2D eigenvalue weighted by Crippen LogP contribution is 2.31. The Labute approximate surface area is 83.5 Å². The Morgan fingerprint density at radius 2 is 2.36 bits per heavy atom. The van der Waals surface area contributed by atoms with Crippen LogP contribution in [0.25, 0.3) is 0 Å². The molecule has 74 valence electrons. The Bertz CT molecular complexity index is 374. The number of nitrogens with zero attached hydrogens (tertiary/aromatic N) is 1. The molecule has 1 atom stereocenters. The zero-order valence-electron chi connectivity index (χ0n) is 8.50. The first kappa shape index (κ1) is 9.19. The summed E-state index contributed by atoms with van der Waals surface area (Å²) < 4.78 is 0. The molecule has 0 saturated heterocycles. The lowest BCUT2D eigenvalue weighted by molar-refractivity contribution is -0.122. The Hall–Kier alpha value is -1.38. The summed E-state index contributed by atoms with van der Waals surface area (Å²) in [5, 5.41) is 2.69. The maximum absolute atomic E-state index is 11.5. The van der Waals surface area contributed by atoms with Crippen molar-refractivity contribution in [2.75, 3.05) is 7.05 Å². The summed E-state index contributed by atoms with van der Waals surface area (Å²) in [4.78, 5) is 16.0. The van der Waals surface area contributed by atoms with E-state index < -0.39 is 0 Å². The summed E-state index contributed by atoms with van der Waals surface area (Å²) in [6, 6.07) is 4.09. The van der Waals surface area contributed by atoms with Crippen molar-refractivity contribution < 1.29 is 4.79 Å². The van der Waals surface area contributed by atoms with E-state index >= 15 is 0 Å². The second-order valence-corrected chi connectivity index (χ2v) is 3.70. The molecule has 0 aliphatic heterocycles. The quantitative estimate of drug-likeness (QED) is 0.722. The molecule has 0 spiro atoms. The van der Waals surface area contributed by atoms with Gasteiger partial charge in [0.25, 0.3) is 0 Å². The standard InChI is InChI=1S/C11H14N2O/c1-7-3-4-8-5-6-9(10(8)13-7)11(14)12-2/h3-4,9H,5-6H2,1-2H3,(H,12,14)/t9-/m0/s1. The minimum absolute atomic E-state index is 0.0325. The number of carbonyl (C=O) groups excluding carboxylic acids is 1. The van der Waals surface area contributed by atoms with Crippen LogP contribution in [0.4, 0.5) is 0 Å². The molecule has 1 aliphatic rings. The van der Waals surface area contributed by atoms with Gasteiger partial charge in [0, 0.05) is 12.7 Å². The molecule has 1 amide bonds. The lowest BCUT2D eigenvalue weighted by atomic mass is 10.1. The number of fused-ring (bicyclic) bond motifs is 1. The largest absolute Gasteiger partial charge is 0.359 e. The number of aromatic nitrogens is 1. The monoisotopic (exact) mass is 190 g/mol. The average molecular weight is 190 g/mol. The van der Waals surface area contributed by atoms with Crippen LogP contribution >= 0.6 is 0 Å². The Kier molecular flexibility index (Phi) is 2.23. The number of aryl methyl sites for hydroxylation is 2. The van der Waals surface area contributed by atoms with Gasteiger partial charge in [-0.25, -0.2) is 0 Å². The average Bonchev–Trinajstić information content (AvgIpc) is 2.59. The van der Waals surface area contributed by atoms with E-state index in [1.165, 1.54) is 5.56 Å². The number of hydrogen-bond acceptors (Lipinski definition) is 2. The SMILES string of the molecule is CNC(=O)[C@H]1CCc2ccc(C)nc21. The normalized spacial score (nSPS) is 19.1. The van der Waals surface area contributed by atoms with Crippen molar-refractivity contribution in [3.8, 4) is 0 Å². The van der Waals surface area contributed by atoms with Crippen LogP contribution in [0.1, 0.15) is 29.3 Å². The molecule has 3 nitrogen and oxygen atoms in total. The number of rotatable bonds is 1. The van der Waals surface area contributed by atoms with Gasteiger partial charge in [0.05, 0.1) is 11.6 Å². The van der Waals surface area contributed by atoms with E-state index in [2.05, 4.69) is 16.4 Å². The highest BCUT2D eigenvalue weighted by atomic mass is 16.1. The molecule has 0 bridgehead atoms. The number of amides is 1.